The lowest BCUT2D eigenvalue weighted by molar-refractivity contribution is 0.282. The first kappa shape index (κ1) is 16.1. The quantitative estimate of drug-likeness (QED) is 0.872. The highest BCUT2D eigenvalue weighted by Crippen LogP contribution is 2.23. The number of aliphatic hydroxyl groups excluding tert-OH is 1. The summed E-state index contributed by atoms with van der Waals surface area (Å²) >= 11 is 11.7. The van der Waals surface area contributed by atoms with Gasteiger partial charge in [-0.25, -0.2) is 8.42 Å². The number of benzene rings is 2. The third kappa shape index (κ3) is 4.89. The molecule has 0 heterocycles. The zero-order valence-corrected chi connectivity index (χ0v) is 13.2. The van der Waals surface area contributed by atoms with E-state index >= 15 is 0 Å². The van der Waals surface area contributed by atoms with Gasteiger partial charge in [0.2, 0.25) is 10.0 Å². The molecule has 0 unspecified atom stereocenters. The van der Waals surface area contributed by atoms with Crippen molar-refractivity contribution >= 4 is 38.9 Å². The van der Waals surface area contributed by atoms with E-state index in [1.807, 2.05) is 0 Å². The van der Waals surface area contributed by atoms with Crippen LogP contribution in [0.25, 0.3) is 0 Å². The van der Waals surface area contributed by atoms with Gasteiger partial charge < -0.3 is 5.11 Å². The predicted molar refractivity (Wildman–Crippen MR) is 85.1 cm³/mol. The summed E-state index contributed by atoms with van der Waals surface area (Å²) in [5.74, 6) is -0.203. The molecule has 112 valence electrons. The molecule has 0 aliphatic rings. The molecule has 0 aromatic heterocycles. The molecule has 0 aliphatic heterocycles. The average molecular weight is 346 g/mol. The van der Waals surface area contributed by atoms with Crippen molar-refractivity contribution < 1.29 is 13.5 Å². The number of rotatable bonds is 5. The highest BCUT2D eigenvalue weighted by molar-refractivity contribution is 7.91. The molecule has 0 bridgehead atoms. The molecule has 2 aromatic carbocycles. The fourth-order valence-corrected chi connectivity index (χ4v) is 3.56. The Morgan fingerprint density at radius 1 is 1.00 bits per heavy atom. The van der Waals surface area contributed by atoms with Crippen LogP contribution in [0.15, 0.2) is 42.5 Å². The number of hydrogen-bond acceptors (Lipinski definition) is 3. The summed E-state index contributed by atoms with van der Waals surface area (Å²) in [6.07, 6.45) is 0. The number of hydrogen-bond donors (Lipinski definition) is 2. The van der Waals surface area contributed by atoms with Crippen LogP contribution in [-0.2, 0) is 22.4 Å². The largest absolute Gasteiger partial charge is 0.392 e. The molecule has 0 atom stereocenters. The summed E-state index contributed by atoms with van der Waals surface area (Å²) in [5.41, 5.74) is 1.56. The minimum absolute atomic E-state index is 0.134. The summed E-state index contributed by atoms with van der Waals surface area (Å²) < 4.78 is 26.7. The molecule has 0 aliphatic carbocycles. The molecule has 2 rings (SSSR count). The van der Waals surface area contributed by atoms with Crippen LogP contribution in [0.3, 0.4) is 0 Å². The van der Waals surface area contributed by atoms with Crippen LogP contribution in [0.2, 0.25) is 10.0 Å². The minimum atomic E-state index is -3.60. The molecule has 0 fully saturated rings. The van der Waals surface area contributed by atoms with Crippen molar-refractivity contribution in [1.29, 1.82) is 0 Å². The number of halogens is 2. The molecule has 0 amide bonds. The Bertz CT molecular complexity index is 727. The Labute approximate surface area is 133 Å². The Morgan fingerprint density at radius 2 is 1.62 bits per heavy atom. The van der Waals surface area contributed by atoms with Crippen LogP contribution in [0.5, 0.6) is 0 Å². The standard InChI is InChI=1S/C14H13Cl2NO3S/c15-12-5-13(16)7-14(6-12)17-21(19,20)9-11-3-1-2-10(4-11)8-18/h1-7,17-18H,8-9H2. The van der Waals surface area contributed by atoms with E-state index in [1.165, 1.54) is 18.2 Å². The fraction of sp³-hybridized carbons (Fsp3) is 0.143. The Morgan fingerprint density at radius 3 is 2.24 bits per heavy atom. The SMILES string of the molecule is O=S(=O)(Cc1cccc(CO)c1)Nc1cc(Cl)cc(Cl)c1. The predicted octanol–water partition coefficient (Wildman–Crippen LogP) is 3.43. The van der Waals surface area contributed by atoms with E-state index in [2.05, 4.69) is 4.72 Å². The van der Waals surface area contributed by atoms with E-state index < -0.39 is 10.0 Å². The smallest absolute Gasteiger partial charge is 0.236 e. The zero-order chi connectivity index (χ0) is 15.5. The topological polar surface area (TPSA) is 66.4 Å². The third-order valence-corrected chi connectivity index (χ3v) is 4.36. The fourth-order valence-electron chi connectivity index (χ4n) is 1.87. The van der Waals surface area contributed by atoms with Gasteiger partial charge in [-0.2, -0.15) is 0 Å². The van der Waals surface area contributed by atoms with E-state index in [1.54, 1.807) is 24.3 Å². The van der Waals surface area contributed by atoms with Gasteiger partial charge in [-0.15, -0.1) is 0 Å². The van der Waals surface area contributed by atoms with Gasteiger partial charge >= 0.3 is 0 Å². The van der Waals surface area contributed by atoms with Gasteiger partial charge in [0, 0.05) is 10.0 Å². The van der Waals surface area contributed by atoms with Crippen LogP contribution in [0.4, 0.5) is 5.69 Å². The number of nitrogens with one attached hydrogen (secondary N) is 1. The van der Waals surface area contributed by atoms with Gasteiger partial charge in [0.15, 0.2) is 0 Å². The first-order chi connectivity index (χ1) is 9.88. The average Bonchev–Trinajstić information content (AvgIpc) is 2.36. The molecule has 0 saturated heterocycles. The van der Waals surface area contributed by atoms with Crippen molar-refractivity contribution in [3.63, 3.8) is 0 Å². The number of anilines is 1. The van der Waals surface area contributed by atoms with E-state index in [9.17, 15) is 8.42 Å². The molecule has 0 saturated carbocycles. The Hall–Kier alpha value is -1.27. The van der Waals surface area contributed by atoms with E-state index in [0.717, 1.165) is 0 Å². The van der Waals surface area contributed by atoms with Crippen LogP contribution in [0, 0.1) is 0 Å². The van der Waals surface area contributed by atoms with Crippen molar-refractivity contribution in [1.82, 2.24) is 0 Å². The monoisotopic (exact) mass is 345 g/mol. The lowest BCUT2D eigenvalue weighted by Crippen LogP contribution is -2.15. The van der Waals surface area contributed by atoms with Crippen LogP contribution < -0.4 is 4.72 Å². The minimum Gasteiger partial charge on any atom is -0.392 e. The summed E-state index contributed by atoms with van der Waals surface area (Å²) in [6.45, 7) is -0.134. The van der Waals surface area contributed by atoms with Crippen LogP contribution in [0.1, 0.15) is 11.1 Å². The molecule has 4 nitrogen and oxygen atoms in total. The maximum atomic E-state index is 12.1. The summed E-state index contributed by atoms with van der Waals surface area (Å²) in [5, 5.41) is 9.76. The van der Waals surface area contributed by atoms with Crippen LogP contribution >= 0.6 is 23.2 Å². The Balaban J connectivity index is 2.18. The van der Waals surface area contributed by atoms with Crippen molar-refractivity contribution in [3.8, 4) is 0 Å². The van der Waals surface area contributed by atoms with E-state index in [4.69, 9.17) is 28.3 Å². The van der Waals surface area contributed by atoms with Crippen LogP contribution in [-0.4, -0.2) is 13.5 Å². The highest BCUT2D eigenvalue weighted by Gasteiger charge is 2.13. The molecule has 2 aromatic rings. The second kappa shape index (κ2) is 6.66. The van der Waals surface area contributed by atoms with E-state index in [-0.39, 0.29) is 12.4 Å². The summed E-state index contributed by atoms with van der Waals surface area (Å²) in [6, 6.07) is 11.2. The Kier molecular flexibility index (Phi) is 5.11. The van der Waals surface area contributed by atoms with Crippen molar-refractivity contribution in [2.24, 2.45) is 0 Å². The number of aliphatic hydroxyl groups is 1. The van der Waals surface area contributed by atoms with Gasteiger partial charge in [0.25, 0.3) is 0 Å². The summed E-state index contributed by atoms with van der Waals surface area (Å²) in [7, 11) is -3.60. The van der Waals surface area contributed by atoms with Gasteiger partial charge in [-0.1, -0.05) is 47.5 Å². The van der Waals surface area contributed by atoms with Crippen molar-refractivity contribution in [2.75, 3.05) is 4.72 Å². The molecule has 21 heavy (non-hydrogen) atoms. The zero-order valence-electron chi connectivity index (χ0n) is 10.9. The van der Waals surface area contributed by atoms with Crippen molar-refractivity contribution in [2.45, 2.75) is 12.4 Å². The van der Waals surface area contributed by atoms with Gasteiger partial charge in [0.1, 0.15) is 0 Å². The second-order valence-electron chi connectivity index (χ2n) is 4.50. The first-order valence-corrected chi connectivity index (χ1v) is 8.44. The third-order valence-electron chi connectivity index (χ3n) is 2.67. The first-order valence-electron chi connectivity index (χ1n) is 6.03. The van der Waals surface area contributed by atoms with Gasteiger partial charge in [0.05, 0.1) is 18.0 Å². The molecular weight excluding hydrogens is 333 g/mol. The molecule has 0 spiro atoms. The number of sulfonamides is 1. The molecule has 0 radical (unpaired) electrons. The maximum absolute atomic E-state index is 12.1. The lowest BCUT2D eigenvalue weighted by Gasteiger charge is -2.09. The molecule has 7 heteroatoms. The highest BCUT2D eigenvalue weighted by atomic mass is 35.5. The molecule has 2 N–H and O–H groups in total. The van der Waals surface area contributed by atoms with E-state index in [0.29, 0.717) is 26.9 Å². The molecular formula is C14H13Cl2NO3S. The van der Waals surface area contributed by atoms with Crippen molar-refractivity contribution in [3.05, 3.63) is 63.6 Å². The second-order valence-corrected chi connectivity index (χ2v) is 7.09. The lowest BCUT2D eigenvalue weighted by atomic mass is 10.1. The summed E-state index contributed by atoms with van der Waals surface area (Å²) in [4.78, 5) is 0. The normalized spacial score (nSPS) is 11.4. The van der Waals surface area contributed by atoms with Gasteiger partial charge in [-0.05, 0) is 29.3 Å². The van der Waals surface area contributed by atoms with Gasteiger partial charge in [-0.3, -0.25) is 4.72 Å². The maximum Gasteiger partial charge on any atom is 0.236 e.